The van der Waals surface area contributed by atoms with Gasteiger partial charge in [0.15, 0.2) is 5.16 Å². The fourth-order valence-electron chi connectivity index (χ4n) is 2.64. The molecule has 0 radical (unpaired) electrons. The van der Waals surface area contributed by atoms with Gasteiger partial charge in [0.05, 0.1) is 0 Å². The quantitative estimate of drug-likeness (QED) is 0.508. The summed E-state index contributed by atoms with van der Waals surface area (Å²) < 4.78 is 13.0. The molecule has 1 aromatic heterocycles. The number of thioether (sulfide) groups is 1. The minimum absolute atomic E-state index is 0.140. The van der Waals surface area contributed by atoms with E-state index in [1.807, 2.05) is 50.2 Å². The maximum atomic E-state index is 13.0. The molecule has 3 aromatic rings. The van der Waals surface area contributed by atoms with Crippen LogP contribution in [0.1, 0.15) is 27.8 Å². The Morgan fingerprint density at radius 1 is 1.04 bits per heavy atom. The van der Waals surface area contributed by atoms with E-state index in [1.165, 1.54) is 23.9 Å². The number of carbonyl (C=O) groups is 1. The molecular formula is C21H20FN3OS. The number of rotatable bonds is 6. The summed E-state index contributed by atoms with van der Waals surface area (Å²) in [5.41, 5.74) is 3.44. The number of halogens is 1. The van der Waals surface area contributed by atoms with Crippen molar-refractivity contribution in [2.24, 2.45) is 0 Å². The average Bonchev–Trinajstić information content (AvgIpc) is 2.65. The van der Waals surface area contributed by atoms with Crippen LogP contribution in [0.3, 0.4) is 0 Å². The third-order valence-electron chi connectivity index (χ3n) is 3.91. The Kier molecular flexibility index (Phi) is 6.19. The highest BCUT2D eigenvalue weighted by molar-refractivity contribution is 8.00. The third kappa shape index (κ3) is 5.37. The fourth-order valence-corrected chi connectivity index (χ4v) is 3.72. The van der Waals surface area contributed by atoms with E-state index in [-0.39, 0.29) is 11.7 Å². The predicted octanol–water partition coefficient (Wildman–Crippen LogP) is 4.38. The van der Waals surface area contributed by atoms with Gasteiger partial charge in [-0.2, -0.15) is 0 Å². The van der Waals surface area contributed by atoms with E-state index in [9.17, 15) is 9.18 Å². The lowest BCUT2D eigenvalue weighted by molar-refractivity contribution is -0.120. The monoisotopic (exact) mass is 381 g/mol. The summed E-state index contributed by atoms with van der Waals surface area (Å²) in [7, 11) is 0. The predicted molar refractivity (Wildman–Crippen MR) is 105 cm³/mol. The zero-order valence-corrected chi connectivity index (χ0v) is 16.0. The first-order valence-corrected chi connectivity index (χ1v) is 9.45. The van der Waals surface area contributed by atoms with Crippen molar-refractivity contribution in [1.29, 1.82) is 0 Å². The molecule has 0 saturated carbocycles. The minimum atomic E-state index is -0.479. The van der Waals surface area contributed by atoms with Crippen molar-refractivity contribution >= 4 is 17.7 Å². The molecule has 0 unspecified atom stereocenters. The minimum Gasteiger partial charge on any atom is -0.351 e. The standard InChI is InChI=1S/C21H20FN3OS/c1-14-12-15(2)25-21(24-14)27-19(17-6-4-3-5-7-17)20(26)23-13-16-8-10-18(22)11-9-16/h3-12,19H,13H2,1-2H3,(H,23,26)/t19-/m0/s1. The highest BCUT2D eigenvalue weighted by Crippen LogP contribution is 2.33. The van der Waals surface area contributed by atoms with E-state index in [1.54, 1.807) is 12.1 Å². The number of hydrogen-bond acceptors (Lipinski definition) is 4. The van der Waals surface area contributed by atoms with Crippen LogP contribution in [0.2, 0.25) is 0 Å². The maximum absolute atomic E-state index is 13.0. The number of nitrogens with one attached hydrogen (secondary N) is 1. The molecule has 2 aromatic carbocycles. The van der Waals surface area contributed by atoms with E-state index in [0.717, 1.165) is 22.5 Å². The summed E-state index contributed by atoms with van der Waals surface area (Å²) in [5, 5.41) is 3.02. The Bertz CT molecular complexity index is 896. The molecule has 0 bridgehead atoms. The van der Waals surface area contributed by atoms with Gasteiger partial charge in [0.25, 0.3) is 0 Å². The van der Waals surface area contributed by atoms with Gasteiger partial charge in [-0.1, -0.05) is 54.2 Å². The fraction of sp³-hybridized carbons (Fsp3) is 0.190. The molecule has 0 aliphatic heterocycles. The number of benzene rings is 2. The number of nitrogens with zero attached hydrogens (tertiary/aromatic N) is 2. The molecule has 0 saturated heterocycles. The molecule has 27 heavy (non-hydrogen) atoms. The molecule has 0 aliphatic carbocycles. The first-order chi connectivity index (χ1) is 13.0. The van der Waals surface area contributed by atoms with Crippen LogP contribution in [0.5, 0.6) is 0 Å². The van der Waals surface area contributed by atoms with Crippen LogP contribution < -0.4 is 5.32 Å². The van der Waals surface area contributed by atoms with Crippen LogP contribution in [0.4, 0.5) is 4.39 Å². The second-order valence-corrected chi connectivity index (χ2v) is 7.26. The van der Waals surface area contributed by atoms with Crippen molar-refractivity contribution in [3.63, 3.8) is 0 Å². The number of carbonyl (C=O) groups excluding carboxylic acids is 1. The zero-order valence-electron chi connectivity index (χ0n) is 15.1. The van der Waals surface area contributed by atoms with Gasteiger partial charge in [0.2, 0.25) is 5.91 Å². The summed E-state index contributed by atoms with van der Waals surface area (Å²) in [6, 6.07) is 17.5. The molecular weight excluding hydrogens is 361 g/mol. The Hall–Kier alpha value is -2.73. The summed E-state index contributed by atoms with van der Waals surface area (Å²) in [4.78, 5) is 21.8. The van der Waals surface area contributed by atoms with Crippen molar-refractivity contribution < 1.29 is 9.18 Å². The lowest BCUT2D eigenvalue weighted by atomic mass is 10.1. The van der Waals surface area contributed by atoms with Crippen LogP contribution in [0, 0.1) is 19.7 Å². The summed E-state index contributed by atoms with van der Waals surface area (Å²) >= 11 is 1.32. The number of hydrogen-bond donors (Lipinski definition) is 1. The van der Waals surface area contributed by atoms with E-state index in [4.69, 9.17) is 0 Å². The molecule has 0 fully saturated rings. The molecule has 4 nitrogen and oxygen atoms in total. The smallest absolute Gasteiger partial charge is 0.238 e. The van der Waals surface area contributed by atoms with Crippen LogP contribution in [-0.4, -0.2) is 15.9 Å². The van der Waals surface area contributed by atoms with Gasteiger partial charge >= 0.3 is 0 Å². The normalized spacial score (nSPS) is 11.8. The second kappa shape index (κ2) is 8.77. The van der Waals surface area contributed by atoms with E-state index >= 15 is 0 Å². The van der Waals surface area contributed by atoms with Gasteiger partial charge in [-0.15, -0.1) is 0 Å². The number of amides is 1. The van der Waals surface area contributed by atoms with Gasteiger partial charge in [-0.25, -0.2) is 14.4 Å². The van der Waals surface area contributed by atoms with Crippen LogP contribution in [0.25, 0.3) is 0 Å². The Balaban J connectivity index is 1.78. The molecule has 1 atom stereocenters. The van der Waals surface area contributed by atoms with Crippen LogP contribution >= 0.6 is 11.8 Å². The van der Waals surface area contributed by atoms with Gasteiger partial charge in [0.1, 0.15) is 11.1 Å². The van der Waals surface area contributed by atoms with Gasteiger partial charge in [0, 0.05) is 17.9 Å². The molecule has 3 rings (SSSR count). The number of aryl methyl sites for hydroxylation is 2. The first kappa shape index (κ1) is 19.0. The van der Waals surface area contributed by atoms with Crippen molar-refractivity contribution in [2.45, 2.75) is 30.8 Å². The molecule has 0 aliphatic rings. The Morgan fingerprint density at radius 3 is 2.30 bits per heavy atom. The molecule has 1 N–H and O–H groups in total. The van der Waals surface area contributed by atoms with Crippen molar-refractivity contribution in [3.05, 3.63) is 89.0 Å². The van der Waals surface area contributed by atoms with Crippen molar-refractivity contribution in [2.75, 3.05) is 0 Å². The molecule has 1 heterocycles. The largest absolute Gasteiger partial charge is 0.351 e. The first-order valence-electron chi connectivity index (χ1n) is 8.57. The average molecular weight is 381 g/mol. The van der Waals surface area contributed by atoms with Gasteiger partial charge in [-0.3, -0.25) is 4.79 Å². The van der Waals surface area contributed by atoms with E-state index in [2.05, 4.69) is 15.3 Å². The van der Waals surface area contributed by atoms with Crippen molar-refractivity contribution in [3.8, 4) is 0 Å². The van der Waals surface area contributed by atoms with Gasteiger partial charge in [-0.05, 0) is 43.2 Å². The summed E-state index contributed by atoms with van der Waals surface area (Å²) in [5.74, 6) is -0.437. The highest BCUT2D eigenvalue weighted by Gasteiger charge is 2.23. The molecule has 0 spiro atoms. The van der Waals surface area contributed by atoms with Crippen LogP contribution in [-0.2, 0) is 11.3 Å². The SMILES string of the molecule is Cc1cc(C)nc(S[C@H](C(=O)NCc2ccc(F)cc2)c2ccccc2)n1. The highest BCUT2D eigenvalue weighted by atomic mass is 32.2. The van der Waals surface area contributed by atoms with Crippen molar-refractivity contribution in [1.82, 2.24) is 15.3 Å². The summed E-state index contributed by atoms with van der Waals surface area (Å²) in [6.07, 6.45) is 0. The topological polar surface area (TPSA) is 54.9 Å². The second-order valence-electron chi connectivity index (χ2n) is 6.19. The van der Waals surface area contributed by atoms with E-state index < -0.39 is 5.25 Å². The molecule has 1 amide bonds. The Morgan fingerprint density at radius 2 is 1.67 bits per heavy atom. The van der Waals surface area contributed by atoms with Crippen LogP contribution in [0.15, 0.2) is 65.8 Å². The lowest BCUT2D eigenvalue weighted by Gasteiger charge is -2.16. The lowest BCUT2D eigenvalue weighted by Crippen LogP contribution is -2.27. The molecule has 138 valence electrons. The third-order valence-corrected chi connectivity index (χ3v) is 5.02. The molecule has 6 heteroatoms. The van der Waals surface area contributed by atoms with E-state index in [0.29, 0.717) is 11.7 Å². The van der Waals surface area contributed by atoms with Gasteiger partial charge < -0.3 is 5.32 Å². The Labute approximate surface area is 162 Å². The summed E-state index contributed by atoms with van der Waals surface area (Å²) in [6.45, 7) is 4.15. The number of aromatic nitrogens is 2. The zero-order chi connectivity index (χ0) is 19.2. The maximum Gasteiger partial charge on any atom is 0.238 e.